The molecule has 2 unspecified atom stereocenters. The van der Waals surface area contributed by atoms with Crippen LogP contribution in [-0.4, -0.2) is 49.6 Å². The third kappa shape index (κ3) is 2.13. The van der Waals surface area contributed by atoms with Gasteiger partial charge in [0.2, 0.25) is 0 Å². The van der Waals surface area contributed by atoms with Crippen molar-refractivity contribution in [2.45, 2.75) is 12.5 Å². The van der Waals surface area contributed by atoms with Crippen LogP contribution in [-0.2, 0) is 4.74 Å². The summed E-state index contributed by atoms with van der Waals surface area (Å²) in [6.45, 7) is 1.84. The highest BCUT2D eigenvalue weighted by atomic mass is 16.5. The van der Waals surface area contributed by atoms with E-state index in [-0.39, 0.29) is 17.9 Å². The molecule has 1 saturated heterocycles. The summed E-state index contributed by atoms with van der Waals surface area (Å²) in [5.74, 6) is -0.0288. The van der Waals surface area contributed by atoms with Gasteiger partial charge in [-0.1, -0.05) is 12.1 Å². The Morgan fingerprint density at radius 2 is 1.95 bits per heavy atom. The normalized spacial score (nSPS) is 23.2. The highest BCUT2D eigenvalue weighted by Gasteiger charge is 2.38. The number of ether oxygens (including phenoxy) is 1. The highest BCUT2D eigenvalue weighted by molar-refractivity contribution is 6.21. The molecule has 5 nitrogen and oxygen atoms in total. The van der Waals surface area contributed by atoms with Gasteiger partial charge in [0.25, 0.3) is 11.8 Å². The van der Waals surface area contributed by atoms with Crippen molar-refractivity contribution in [1.82, 2.24) is 10.2 Å². The lowest BCUT2D eigenvalue weighted by molar-refractivity contribution is 0.0623. The van der Waals surface area contributed by atoms with E-state index >= 15 is 0 Å². The van der Waals surface area contributed by atoms with E-state index in [1.165, 1.54) is 4.90 Å². The summed E-state index contributed by atoms with van der Waals surface area (Å²) in [4.78, 5) is 26.0. The summed E-state index contributed by atoms with van der Waals surface area (Å²) in [7, 11) is 1.86. The van der Waals surface area contributed by atoms with Crippen LogP contribution in [0.25, 0.3) is 0 Å². The fraction of sp³-hybridized carbons (Fsp3) is 0.467. The van der Waals surface area contributed by atoms with E-state index in [1.807, 2.05) is 7.05 Å². The molecular formula is C15H18N2O3. The Balaban J connectivity index is 1.78. The first kappa shape index (κ1) is 13.3. The first-order chi connectivity index (χ1) is 9.72. The van der Waals surface area contributed by atoms with E-state index in [0.717, 1.165) is 13.0 Å². The molecule has 0 aliphatic carbocycles. The van der Waals surface area contributed by atoms with Crippen LogP contribution in [0.1, 0.15) is 27.1 Å². The predicted octanol–water partition coefficient (Wildman–Crippen LogP) is 0.907. The van der Waals surface area contributed by atoms with Gasteiger partial charge in [-0.25, -0.2) is 0 Å². The number of amides is 2. The van der Waals surface area contributed by atoms with Gasteiger partial charge in [-0.15, -0.1) is 0 Å². The molecule has 0 bridgehead atoms. The Morgan fingerprint density at radius 3 is 2.45 bits per heavy atom. The Labute approximate surface area is 117 Å². The molecule has 106 valence electrons. The fourth-order valence-corrected chi connectivity index (χ4v) is 2.95. The Hall–Kier alpha value is -1.72. The van der Waals surface area contributed by atoms with Crippen LogP contribution in [0, 0.1) is 5.92 Å². The standard InChI is InChI=1S/C15H18N2O3/c1-16-13(10-6-7-20-9-10)8-17-14(18)11-4-2-3-5-12(11)15(17)19/h2-5,10,13,16H,6-9H2,1H3. The molecule has 2 heterocycles. The molecule has 2 atom stereocenters. The van der Waals surface area contributed by atoms with Crippen LogP contribution in [0.4, 0.5) is 0 Å². The molecule has 1 fully saturated rings. The van der Waals surface area contributed by atoms with Crippen LogP contribution in [0.2, 0.25) is 0 Å². The van der Waals surface area contributed by atoms with Gasteiger partial charge in [-0.3, -0.25) is 14.5 Å². The van der Waals surface area contributed by atoms with Crippen molar-refractivity contribution in [1.29, 1.82) is 0 Å². The first-order valence-corrected chi connectivity index (χ1v) is 6.92. The number of hydrogen-bond donors (Lipinski definition) is 1. The maximum atomic E-state index is 12.3. The van der Waals surface area contributed by atoms with Crippen LogP contribution in [0.3, 0.4) is 0 Å². The molecule has 0 saturated carbocycles. The van der Waals surface area contributed by atoms with Gasteiger partial charge in [0.15, 0.2) is 0 Å². The number of fused-ring (bicyclic) bond motifs is 1. The topological polar surface area (TPSA) is 58.6 Å². The molecule has 0 aromatic heterocycles. The van der Waals surface area contributed by atoms with Gasteiger partial charge >= 0.3 is 0 Å². The Kier molecular flexibility index (Phi) is 3.54. The average molecular weight is 274 g/mol. The number of benzene rings is 1. The van der Waals surface area contributed by atoms with Crippen molar-refractivity contribution in [2.24, 2.45) is 5.92 Å². The lowest BCUT2D eigenvalue weighted by atomic mass is 9.98. The molecule has 0 spiro atoms. The van der Waals surface area contributed by atoms with Crippen LogP contribution in [0.15, 0.2) is 24.3 Å². The lowest BCUT2D eigenvalue weighted by Crippen LogP contribution is -2.46. The number of nitrogens with zero attached hydrogens (tertiary/aromatic N) is 1. The van der Waals surface area contributed by atoms with E-state index in [9.17, 15) is 9.59 Å². The lowest BCUT2D eigenvalue weighted by Gasteiger charge is -2.26. The first-order valence-electron chi connectivity index (χ1n) is 6.92. The zero-order valence-corrected chi connectivity index (χ0v) is 11.5. The number of carbonyl (C=O) groups excluding carboxylic acids is 2. The van der Waals surface area contributed by atoms with Crippen LogP contribution in [0.5, 0.6) is 0 Å². The van der Waals surface area contributed by atoms with Crippen molar-refractivity contribution in [3.05, 3.63) is 35.4 Å². The monoisotopic (exact) mass is 274 g/mol. The second kappa shape index (κ2) is 5.34. The number of rotatable bonds is 4. The zero-order chi connectivity index (χ0) is 14.1. The molecule has 1 aromatic carbocycles. The van der Waals surface area contributed by atoms with Gasteiger partial charge in [0.05, 0.1) is 17.7 Å². The summed E-state index contributed by atoms with van der Waals surface area (Å²) >= 11 is 0. The molecule has 2 aliphatic rings. The molecule has 2 amide bonds. The molecule has 3 rings (SSSR count). The van der Waals surface area contributed by atoms with Crippen molar-refractivity contribution < 1.29 is 14.3 Å². The zero-order valence-electron chi connectivity index (χ0n) is 11.5. The van der Waals surface area contributed by atoms with Crippen LogP contribution >= 0.6 is 0 Å². The van der Waals surface area contributed by atoms with E-state index in [1.54, 1.807) is 24.3 Å². The second-order valence-corrected chi connectivity index (χ2v) is 5.29. The summed E-state index contributed by atoms with van der Waals surface area (Å²) in [5.41, 5.74) is 1.02. The SMILES string of the molecule is CNC(CN1C(=O)c2ccccc2C1=O)C1CCOC1. The van der Waals surface area contributed by atoms with Crippen molar-refractivity contribution in [3.63, 3.8) is 0 Å². The van der Waals surface area contributed by atoms with Gasteiger partial charge in [0, 0.05) is 25.1 Å². The largest absolute Gasteiger partial charge is 0.381 e. The molecule has 2 aliphatic heterocycles. The third-order valence-corrected chi connectivity index (χ3v) is 4.16. The number of carbonyl (C=O) groups is 2. The van der Waals surface area contributed by atoms with Crippen molar-refractivity contribution in [3.8, 4) is 0 Å². The third-order valence-electron chi connectivity index (χ3n) is 4.16. The number of hydrogen-bond acceptors (Lipinski definition) is 4. The maximum Gasteiger partial charge on any atom is 0.261 e. The van der Waals surface area contributed by atoms with E-state index in [0.29, 0.717) is 30.2 Å². The second-order valence-electron chi connectivity index (χ2n) is 5.29. The minimum Gasteiger partial charge on any atom is -0.381 e. The summed E-state index contributed by atoms with van der Waals surface area (Å²) in [6.07, 6.45) is 0.967. The summed E-state index contributed by atoms with van der Waals surface area (Å²) < 4.78 is 5.39. The highest BCUT2D eigenvalue weighted by Crippen LogP contribution is 2.25. The number of likely N-dealkylation sites (N-methyl/N-ethyl adjacent to an activating group) is 1. The van der Waals surface area contributed by atoms with Gasteiger partial charge in [-0.05, 0) is 25.6 Å². The van der Waals surface area contributed by atoms with Gasteiger partial charge in [0.1, 0.15) is 0 Å². The molecule has 5 heteroatoms. The van der Waals surface area contributed by atoms with Gasteiger partial charge < -0.3 is 10.1 Å². The minimum atomic E-state index is -0.190. The van der Waals surface area contributed by atoms with Crippen molar-refractivity contribution in [2.75, 3.05) is 26.8 Å². The summed E-state index contributed by atoms with van der Waals surface area (Å²) in [6, 6.07) is 7.08. The average Bonchev–Trinajstić information content (AvgIpc) is 3.08. The Bertz CT molecular complexity index is 503. The minimum absolute atomic E-state index is 0.0831. The quantitative estimate of drug-likeness (QED) is 0.829. The van der Waals surface area contributed by atoms with E-state index in [2.05, 4.69) is 5.32 Å². The molecule has 1 aromatic rings. The molecule has 0 radical (unpaired) electrons. The van der Waals surface area contributed by atoms with E-state index < -0.39 is 0 Å². The maximum absolute atomic E-state index is 12.3. The Morgan fingerprint density at radius 1 is 1.30 bits per heavy atom. The predicted molar refractivity (Wildman–Crippen MR) is 73.6 cm³/mol. The van der Waals surface area contributed by atoms with Crippen molar-refractivity contribution >= 4 is 11.8 Å². The fourth-order valence-electron chi connectivity index (χ4n) is 2.95. The number of imide groups is 1. The number of nitrogens with one attached hydrogen (secondary N) is 1. The van der Waals surface area contributed by atoms with Crippen LogP contribution < -0.4 is 5.32 Å². The summed E-state index contributed by atoms with van der Waals surface area (Å²) in [5, 5.41) is 3.21. The smallest absolute Gasteiger partial charge is 0.261 e. The molecular weight excluding hydrogens is 256 g/mol. The molecule has 20 heavy (non-hydrogen) atoms. The molecule has 1 N–H and O–H groups in total. The van der Waals surface area contributed by atoms with Gasteiger partial charge in [-0.2, -0.15) is 0 Å². The van der Waals surface area contributed by atoms with E-state index in [4.69, 9.17) is 4.74 Å².